The summed E-state index contributed by atoms with van der Waals surface area (Å²) in [7, 11) is -2.57. The molecule has 0 bridgehead atoms. The molecule has 60 heavy (non-hydrogen) atoms. The molecule has 6 heterocycles. The second-order valence-electron chi connectivity index (χ2n) is 15.2. The molecule has 2 fully saturated rings. The van der Waals surface area contributed by atoms with Crippen LogP contribution in [0.4, 0.5) is 28.3 Å². The second kappa shape index (κ2) is 17.3. The standard InChI is InChI=1S/C42H47N11O5S2/c1-5-58-41(55)29-18-21-52(22-19-29)30-12-14-31(15-13-30)60(56,57)50-39(54)37-32(33-24-44-53(27(33)3)25-28-9-6-7-10-28)16-17-35(46-37)51(4)36-23-26(2)38(49-48-36)47-42-45-34-11-8-20-43-40(34)59-42/h8,11-17,20,23-24,28-29H,5-7,9-10,18-19,21-22,25H2,1-4H3,(H,50,54)(H,45,47,49). The van der Waals surface area contributed by atoms with Crippen molar-refractivity contribution in [2.45, 2.75) is 70.7 Å². The summed E-state index contributed by atoms with van der Waals surface area (Å²) in [4.78, 5) is 44.7. The van der Waals surface area contributed by atoms with E-state index in [0.29, 0.717) is 72.2 Å². The fourth-order valence-corrected chi connectivity index (χ4v) is 9.62. The molecule has 0 radical (unpaired) electrons. The van der Waals surface area contributed by atoms with Gasteiger partial charge in [-0.1, -0.05) is 24.2 Å². The van der Waals surface area contributed by atoms with E-state index in [9.17, 15) is 18.0 Å². The molecule has 0 spiro atoms. The van der Waals surface area contributed by atoms with E-state index in [2.05, 4.69) is 40.2 Å². The number of anilines is 5. The lowest BCUT2D eigenvalue weighted by Gasteiger charge is -2.32. The molecule has 0 unspecified atom stereocenters. The molecule has 312 valence electrons. The Morgan fingerprint density at radius 1 is 0.950 bits per heavy atom. The van der Waals surface area contributed by atoms with Gasteiger partial charge in [-0.25, -0.2) is 28.1 Å². The highest BCUT2D eigenvalue weighted by Crippen LogP contribution is 2.34. The number of thiazole rings is 1. The molecule has 2 N–H and O–H groups in total. The number of hydrogen-bond acceptors (Lipinski definition) is 15. The van der Waals surface area contributed by atoms with Crippen LogP contribution in [-0.4, -0.2) is 82.0 Å². The summed E-state index contributed by atoms with van der Waals surface area (Å²) in [5.74, 6) is 0.645. The predicted molar refractivity (Wildman–Crippen MR) is 230 cm³/mol. The summed E-state index contributed by atoms with van der Waals surface area (Å²) in [5, 5.41) is 17.4. The summed E-state index contributed by atoms with van der Waals surface area (Å²) >= 11 is 1.41. The van der Waals surface area contributed by atoms with Gasteiger partial charge in [-0.3, -0.25) is 14.3 Å². The lowest BCUT2D eigenvalue weighted by molar-refractivity contribution is -0.148. The van der Waals surface area contributed by atoms with Gasteiger partial charge in [0.05, 0.1) is 23.6 Å². The minimum Gasteiger partial charge on any atom is -0.466 e. The van der Waals surface area contributed by atoms with Crippen LogP contribution >= 0.6 is 11.3 Å². The maximum atomic E-state index is 14.2. The summed E-state index contributed by atoms with van der Waals surface area (Å²) in [6, 6.07) is 15.5. The van der Waals surface area contributed by atoms with E-state index < -0.39 is 15.9 Å². The van der Waals surface area contributed by atoms with Crippen molar-refractivity contribution in [1.29, 1.82) is 0 Å². The van der Waals surface area contributed by atoms with Crippen molar-refractivity contribution in [3.05, 3.63) is 83.9 Å². The number of pyridine rings is 2. The first kappa shape index (κ1) is 40.8. The first-order valence-corrected chi connectivity index (χ1v) is 22.5. The van der Waals surface area contributed by atoms with E-state index in [1.165, 1.54) is 36.3 Å². The van der Waals surface area contributed by atoms with E-state index >= 15 is 0 Å². The number of aromatic nitrogens is 7. The van der Waals surface area contributed by atoms with Crippen LogP contribution in [0.2, 0.25) is 0 Å². The number of hydrogen-bond donors (Lipinski definition) is 2. The molecule has 0 atom stereocenters. The van der Waals surface area contributed by atoms with Gasteiger partial charge in [0.1, 0.15) is 21.9 Å². The quantitative estimate of drug-likeness (QED) is 0.113. The van der Waals surface area contributed by atoms with Gasteiger partial charge in [-0.05, 0) is 113 Å². The number of carbonyl (C=O) groups is 2. The van der Waals surface area contributed by atoms with E-state index in [1.807, 2.05) is 36.7 Å². The lowest BCUT2D eigenvalue weighted by atomic mass is 9.96. The largest absolute Gasteiger partial charge is 0.466 e. The maximum absolute atomic E-state index is 14.2. The summed E-state index contributed by atoms with van der Waals surface area (Å²) < 4.78 is 37.0. The summed E-state index contributed by atoms with van der Waals surface area (Å²) in [6.45, 7) is 8.04. The smallest absolute Gasteiger partial charge is 0.309 e. The Kier molecular flexibility index (Phi) is 11.8. The molecule has 5 aromatic heterocycles. The van der Waals surface area contributed by atoms with Crippen molar-refractivity contribution in [3.8, 4) is 11.1 Å². The topological polar surface area (TPSA) is 190 Å². The highest BCUT2D eigenvalue weighted by Gasteiger charge is 2.29. The number of piperidine rings is 1. The van der Waals surface area contributed by atoms with Crippen molar-refractivity contribution in [2.24, 2.45) is 11.8 Å². The van der Waals surface area contributed by atoms with Gasteiger partial charge >= 0.3 is 5.97 Å². The number of benzene rings is 1. The van der Waals surface area contributed by atoms with Gasteiger partial charge in [0, 0.05) is 55.4 Å². The normalized spacial score (nSPS) is 15.0. The van der Waals surface area contributed by atoms with Gasteiger partial charge in [0.25, 0.3) is 15.9 Å². The number of esters is 1. The number of fused-ring (bicyclic) bond motifs is 1. The van der Waals surface area contributed by atoms with E-state index in [4.69, 9.17) is 9.72 Å². The molecule has 1 aromatic carbocycles. The number of nitrogens with one attached hydrogen (secondary N) is 2. The van der Waals surface area contributed by atoms with E-state index in [-0.39, 0.29) is 22.5 Å². The number of sulfonamides is 1. The number of ether oxygens (including phenoxy) is 1. The SMILES string of the molecule is CCOC(=O)C1CCN(c2ccc(S(=O)(=O)NC(=O)c3nc(N(C)c4cc(C)c(Nc5nc6cccnc6s5)nn4)ccc3-c3cnn(CC4CCCC4)c3C)cc2)CC1. The Morgan fingerprint density at radius 3 is 2.43 bits per heavy atom. The zero-order valence-corrected chi connectivity index (χ0v) is 35.6. The molecule has 1 saturated heterocycles. The first-order chi connectivity index (χ1) is 29.0. The van der Waals surface area contributed by atoms with Crippen LogP contribution in [0.15, 0.2) is 71.9 Å². The average molecular weight is 850 g/mol. The zero-order chi connectivity index (χ0) is 42.0. The molecule has 6 aromatic rings. The third-order valence-electron chi connectivity index (χ3n) is 11.3. The molecular weight excluding hydrogens is 803 g/mol. The zero-order valence-electron chi connectivity index (χ0n) is 34.0. The first-order valence-electron chi connectivity index (χ1n) is 20.2. The van der Waals surface area contributed by atoms with Crippen LogP contribution in [0.3, 0.4) is 0 Å². The summed E-state index contributed by atoms with van der Waals surface area (Å²) in [6.07, 6.45) is 9.45. The van der Waals surface area contributed by atoms with E-state index in [0.717, 1.165) is 46.7 Å². The fourth-order valence-electron chi connectivity index (χ4n) is 7.86. The minimum atomic E-state index is -4.32. The molecule has 18 heteroatoms. The van der Waals surface area contributed by atoms with Crippen molar-refractivity contribution in [1.82, 2.24) is 39.7 Å². The highest BCUT2D eigenvalue weighted by atomic mass is 32.2. The average Bonchev–Trinajstić information content (AvgIpc) is 4.02. The molecule has 1 amide bonds. The monoisotopic (exact) mass is 849 g/mol. The van der Waals surface area contributed by atoms with Crippen molar-refractivity contribution >= 4 is 71.9 Å². The number of nitrogens with zero attached hydrogens (tertiary/aromatic N) is 9. The van der Waals surface area contributed by atoms with Crippen molar-refractivity contribution in [2.75, 3.05) is 41.9 Å². The predicted octanol–water partition coefficient (Wildman–Crippen LogP) is 6.96. The number of amides is 1. The van der Waals surface area contributed by atoms with E-state index in [1.54, 1.807) is 55.5 Å². The fraction of sp³-hybridized carbons (Fsp3) is 0.381. The Bertz CT molecular complexity index is 2600. The van der Waals surface area contributed by atoms with Crippen LogP contribution < -0.4 is 19.8 Å². The van der Waals surface area contributed by atoms with Crippen LogP contribution in [0.1, 0.15) is 67.2 Å². The molecule has 8 rings (SSSR count). The molecular formula is C42H47N11O5S2. The minimum absolute atomic E-state index is 0.0713. The summed E-state index contributed by atoms with van der Waals surface area (Å²) in [5.41, 5.74) is 4.30. The van der Waals surface area contributed by atoms with Gasteiger partial charge < -0.3 is 19.9 Å². The number of rotatable bonds is 13. The maximum Gasteiger partial charge on any atom is 0.309 e. The lowest BCUT2D eigenvalue weighted by Crippen LogP contribution is -2.37. The van der Waals surface area contributed by atoms with Crippen LogP contribution in [-0.2, 0) is 26.1 Å². The van der Waals surface area contributed by atoms with Crippen LogP contribution in [0.25, 0.3) is 21.5 Å². The van der Waals surface area contributed by atoms with Gasteiger partial charge in [0.15, 0.2) is 16.8 Å². The number of aryl methyl sites for hydroxylation is 1. The Labute approximate surface area is 352 Å². The molecule has 1 aliphatic carbocycles. The van der Waals surface area contributed by atoms with Crippen LogP contribution in [0, 0.1) is 25.7 Å². The van der Waals surface area contributed by atoms with Gasteiger partial charge in [-0.2, -0.15) is 5.10 Å². The third kappa shape index (κ3) is 8.65. The Morgan fingerprint density at radius 2 is 1.72 bits per heavy atom. The third-order valence-corrected chi connectivity index (χ3v) is 13.5. The molecule has 1 aliphatic heterocycles. The number of carbonyl (C=O) groups excluding carboxylic acids is 2. The Hall–Kier alpha value is -6.01. The van der Waals surface area contributed by atoms with Gasteiger partial charge in [-0.15, -0.1) is 10.2 Å². The second-order valence-corrected chi connectivity index (χ2v) is 17.9. The van der Waals surface area contributed by atoms with Gasteiger partial charge in [0.2, 0.25) is 0 Å². The molecule has 1 saturated carbocycles. The van der Waals surface area contributed by atoms with Crippen molar-refractivity contribution in [3.63, 3.8) is 0 Å². The van der Waals surface area contributed by atoms with Crippen molar-refractivity contribution < 1.29 is 22.7 Å². The Balaban J connectivity index is 1.04. The molecule has 2 aliphatic rings. The molecule has 16 nitrogen and oxygen atoms in total. The highest BCUT2D eigenvalue weighted by molar-refractivity contribution is 7.90. The van der Waals surface area contributed by atoms with Crippen LogP contribution in [0.5, 0.6) is 0 Å².